The van der Waals surface area contributed by atoms with Crippen molar-refractivity contribution in [3.63, 3.8) is 0 Å². The highest BCUT2D eigenvalue weighted by molar-refractivity contribution is 5.87. The topological polar surface area (TPSA) is 46.9 Å². The van der Waals surface area contributed by atoms with E-state index in [0.717, 1.165) is 5.82 Å². The van der Waals surface area contributed by atoms with Crippen LogP contribution in [0.15, 0.2) is 12.3 Å². The van der Waals surface area contributed by atoms with Crippen LogP contribution in [-0.2, 0) is 4.79 Å². The van der Waals surface area contributed by atoms with Gasteiger partial charge in [-0.1, -0.05) is 12.8 Å². The Morgan fingerprint density at radius 1 is 1.57 bits per heavy atom. The average Bonchev–Trinajstić information content (AvgIpc) is 2.70. The first-order chi connectivity index (χ1) is 6.77. The lowest BCUT2D eigenvalue weighted by molar-refractivity contribution is -0.114. The van der Waals surface area contributed by atoms with E-state index in [0.29, 0.717) is 6.04 Å². The van der Waals surface area contributed by atoms with Crippen molar-refractivity contribution in [2.24, 2.45) is 0 Å². The highest BCUT2D eigenvalue weighted by atomic mass is 16.1. The van der Waals surface area contributed by atoms with E-state index in [-0.39, 0.29) is 5.91 Å². The number of rotatable bonds is 2. The first-order valence-electron chi connectivity index (χ1n) is 5.08. The molecule has 76 valence electrons. The molecule has 0 saturated heterocycles. The third-order valence-corrected chi connectivity index (χ3v) is 2.64. The zero-order valence-corrected chi connectivity index (χ0v) is 8.36. The number of hydrogen-bond acceptors (Lipinski definition) is 2. The summed E-state index contributed by atoms with van der Waals surface area (Å²) in [5.74, 6) is 0.786. The minimum atomic E-state index is -0.0373. The van der Waals surface area contributed by atoms with Crippen LogP contribution in [0.5, 0.6) is 0 Å². The molecule has 1 aliphatic carbocycles. The molecule has 1 aliphatic rings. The second kappa shape index (κ2) is 3.82. The van der Waals surface area contributed by atoms with E-state index in [1.54, 1.807) is 6.20 Å². The Morgan fingerprint density at radius 2 is 2.29 bits per heavy atom. The van der Waals surface area contributed by atoms with Gasteiger partial charge in [0.1, 0.15) is 5.82 Å². The van der Waals surface area contributed by atoms with E-state index >= 15 is 0 Å². The molecule has 0 aromatic carbocycles. The lowest BCUT2D eigenvalue weighted by atomic mass is 10.2. The molecule has 0 unspecified atom stereocenters. The minimum Gasteiger partial charge on any atom is -0.311 e. The van der Waals surface area contributed by atoms with Gasteiger partial charge >= 0.3 is 0 Å². The lowest BCUT2D eigenvalue weighted by Crippen LogP contribution is -2.14. The van der Waals surface area contributed by atoms with Crippen LogP contribution in [0.2, 0.25) is 0 Å². The van der Waals surface area contributed by atoms with Gasteiger partial charge in [-0.3, -0.25) is 4.79 Å². The van der Waals surface area contributed by atoms with Gasteiger partial charge in [0.15, 0.2) is 0 Å². The molecule has 4 heteroatoms. The zero-order valence-electron chi connectivity index (χ0n) is 8.36. The van der Waals surface area contributed by atoms with Crippen molar-refractivity contribution in [1.82, 2.24) is 9.78 Å². The molecule has 1 heterocycles. The monoisotopic (exact) mass is 193 g/mol. The van der Waals surface area contributed by atoms with Crippen LogP contribution >= 0.6 is 0 Å². The number of carbonyl (C=O) groups is 1. The molecule has 1 saturated carbocycles. The number of anilines is 1. The summed E-state index contributed by atoms with van der Waals surface area (Å²) in [4.78, 5) is 10.9. The summed E-state index contributed by atoms with van der Waals surface area (Å²) in [7, 11) is 0. The van der Waals surface area contributed by atoms with E-state index in [2.05, 4.69) is 10.4 Å². The van der Waals surface area contributed by atoms with Gasteiger partial charge in [-0.25, -0.2) is 4.68 Å². The van der Waals surface area contributed by atoms with Crippen LogP contribution in [-0.4, -0.2) is 15.7 Å². The number of hydrogen-bond donors (Lipinski definition) is 1. The van der Waals surface area contributed by atoms with Crippen LogP contribution < -0.4 is 5.32 Å². The highest BCUT2D eigenvalue weighted by Crippen LogP contribution is 2.30. The quantitative estimate of drug-likeness (QED) is 0.780. The van der Waals surface area contributed by atoms with Gasteiger partial charge in [0.05, 0.1) is 12.2 Å². The van der Waals surface area contributed by atoms with Crippen LogP contribution in [0.25, 0.3) is 0 Å². The fraction of sp³-hybridized carbons (Fsp3) is 0.600. The molecular formula is C10H15N3O. The summed E-state index contributed by atoms with van der Waals surface area (Å²) in [6, 6.07) is 2.33. The first-order valence-corrected chi connectivity index (χ1v) is 5.08. The number of amides is 1. The van der Waals surface area contributed by atoms with Crippen molar-refractivity contribution in [3.05, 3.63) is 12.3 Å². The maximum atomic E-state index is 10.9. The summed E-state index contributed by atoms with van der Waals surface area (Å²) >= 11 is 0. The predicted molar refractivity (Wildman–Crippen MR) is 54.0 cm³/mol. The number of nitrogens with zero attached hydrogens (tertiary/aromatic N) is 2. The number of nitrogens with one attached hydrogen (secondary N) is 1. The molecular weight excluding hydrogens is 178 g/mol. The molecule has 1 N–H and O–H groups in total. The van der Waals surface area contributed by atoms with Gasteiger partial charge in [0.25, 0.3) is 0 Å². The fourth-order valence-electron chi connectivity index (χ4n) is 2.03. The Balaban J connectivity index is 2.15. The average molecular weight is 193 g/mol. The SMILES string of the molecule is CC(=O)Nc1ccnn1C1CCCC1. The standard InChI is InChI=1S/C10H15N3O/c1-8(14)12-10-6-7-11-13(10)9-4-2-3-5-9/h6-7,9H,2-5H2,1H3,(H,12,14). The Kier molecular flexibility index (Phi) is 2.52. The molecule has 2 rings (SSSR count). The molecule has 14 heavy (non-hydrogen) atoms. The Labute approximate surface area is 83.3 Å². The number of carbonyl (C=O) groups excluding carboxylic acids is 1. The third kappa shape index (κ3) is 1.78. The minimum absolute atomic E-state index is 0.0373. The summed E-state index contributed by atoms with van der Waals surface area (Å²) < 4.78 is 1.94. The highest BCUT2D eigenvalue weighted by Gasteiger charge is 2.19. The van der Waals surface area contributed by atoms with Gasteiger partial charge in [-0.15, -0.1) is 0 Å². The molecule has 0 atom stereocenters. The summed E-state index contributed by atoms with van der Waals surface area (Å²) in [6.45, 7) is 1.52. The van der Waals surface area contributed by atoms with Crippen LogP contribution in [0.4, 0.5) is 5.82 Å². The van der Waals surface area contributed by atoms with Gasteiger partial charge in [-0.2, -0.15) is 5.10 Å². The van der Waals surface area contributed by atoms with Gasteiger partial charge in [0, 0.05) is 13.0 Å². The maximum absolute atomic E-state index is 10.9. The van der Waals surface area contributed by atoms with Crippen LogP contribution in [0.1, 0.15) is 38.6 Å². The zero-order chi connectivity index (χ0) is 9.97. The van der Waals surface area contributed by atoms with Crippen molar-refractivity contribution in [3.8, 4) is 0 Å². The van der Waals surface area contributed by atoms with E-state index in [1.807, 2.05) is 10.7 Å². The van der Waals surface area contributed by atoms with E-state index < -0.39 is 0 Å². The second-order valence-electron chi connectivity index (χ2n) is 3.78. The summed E-state index contributed by atoms with van der Waals surface area (Å²) in [5.41, 5.74) is 0. The Hall–Kier alpha value is -1.32. The van der Waals surface area contributed by atoms with Crippen LogP contribution in [0, 0.1) is 0 Å². The van der Waals surface area contributed by atoms with Crippen molar-refractivity contribution in [1.29, 1.82) is 0 Å². The van der Waals surface area contributed by atoms with Crippen molar-refractivity contribution >= 4 is 11.7 Å². The van der Waals surface area contributed by atoms with Gasteiger partial charge < -0.3 is 5.32 Å². The van der Waals surface area contributed by atoms with Crippen LogP contribution in [0.3, 0.4) is 0 Å². The molecule has 1 fully saturated rings. The largest absolute Gasteiger partial charge is 0.311 e. The summed E-state index contributed by atoms with van der Waals surface area (Å²) in [5, 5.41) is 7.04. The lowest BCUT2D eigenvalue weighted by Gasteiger charge is -2.13. The predicted octanol–water partition coefficient (Wildman–Crippen LogP) is 1.96. The molecule has 0 bridgehead atoms. The second-order valence-corrected chi connectivity index (χ2v) is 3.78. The molecule has 1 aromatic heterocycles. The van der Waals surface area contributed by atoms with Crippen molar-refractivity contribution < 1.29 is 4.79 Å². The van der Waals surface area contributed by atoms with Gasteiger partial charge in [0.2, 0.25) is 5.91 Å². The smallest absolute Gasteiger partial charge is 0.222 e. The van der Waals surface area contributed by atoms with E-state index in [9.17, 15) is 4.79 Å². The third-order valence-electron chi connectivity index (χ3n) is 2.64. The molecule has 0 spiro atoms. The molecule has 4 nitrogen and oxygen atoms in total. The Bertz CT molecular complexity index is 326. The van der Waals surface area contributed by atoms with E-state index in [4.69, 9.17) is 0 Å². The molecule has 1 aromatic rings. The van der Waals surface area contributed by atoms with E-state index in [1.165, 1.54) is 32.6 Å². The molecule has 0 radical (unpaired) electrons. The van der Waals surface area contributed by atoms with Gasteiger partial charge in [-0.05, 0) is 12.8 Å². The van der Waals surface area contributed by atoms with Crippen molar-refractivity contribution in [2.75, 3.05) is 5.32 Å². The number of aromatic nitrogens is 2. The molecule has 1 amide bonds. The fourth-order valence-corrected chi connectivity index (χ4v) is 2.03. The van der Waals surface area contributed by atoms with Crippen molar-refractivity contribution in [2.45, 2.75) is 38.6 Å². The maximum Gasteiger partial charge on any atom is 0.222 e. The normalized spacial score (nSPS) is 17.2. The first kappa shape index (κ1) is 9.24. The summed E-state index contributed by atoms with van der Waals surface area (Å²) in [6.07, 6.45) is 6.63. The molecule has 0 aliphatic heterocycles. The Morgan fingerprint density at radius 3 is 2.93 bits per heavy atom.